The normalized spacial score (nSPS) is 13.5. The van der Waals surface area contributed by atoms with Gasteiger partial charge in [0.25, 0.3) is 11.8 Å². The molecule has 4 rings (SSSR count). The third-order valence-electron chi connectivity index (χ3n) is 6.18. The van der Waals surface area contributed by atoms with Gasteiger partial charge in [0.15, 0.2) is 11.5 Å². The number of methoxy groups -OCH3 is 2. The molecule has 0 aliphatic carbocycles. The number of nitrogens with one attached hydrogen (secondary N) is 1. The molecule has 1 fully saturated rings. The van der Waals surface area contributed by atoms with Gasteiger partial charge in [-0.25, -0.2) is 0 Å². The van der Waals surface area contributed by atoms with Crippen LogP contribution < -0.4 is 19.9 Å². The number of rotatable bonds is 11. The van der Waals surface area contributed by atoms with Crippen LogP contribution in [0.4, 0.5) is 5.69 Å². The monoisotopic (exact) mass is 519 g/mol. The smallest absolute Gasteiger partial charge is 0.282 e. The number of ether oxygens (including phenoxy) is 3. The maximum atomic E-state index is 13.5. The minimum absolute atomic E-state index is 0.248. The van der Waals surface area contributed by atoms with Gasteiger partial charge in [-0.2, -0.15) is 5.06 Å². The number of carbonyl (C=O) groups is 2. The van der Waals surface area contributed by atoms with Crippen molar-refractivity contribution in [2.24, 2.45) is 0 Å². The van der Waals surface area contributed by atoms with Crippen LogP contribution in [0, 0.1) is 0 Å². The Morgan fingerprint density at radius 3 is 2.39 bits per heavy atom. The van der Waals surface area contributed by atoms with E-state index in [1.807, 2.05) is 36.4 Å². The molecule has 3 aromatic carbocycles. The number of anilines is 1. The lowest BCUT2D eigenvalue weighted by molar-refractivity contribution is 0.0161. The van der Waals surface area contributed by atoms with Gasteiger partial charge in [0, 0.05) is 37.3 Å². The molecule has 0 aromatic heterocycles. The minimum Gasteiger partial charge on any atom is -0.493 e. The Bertz CT molecular complexity index is 1210. The largest absolute Gasteiger partial charge is 0.493 e. The molecule has 2 amide bonds. The van der Waals surface area contributed by atoms with Crippen LogP contribution in [0.3, 0.4) is 0 Å². The van der Waals surface area contributed by atoms with Gasteiger partial charge in [-0.15, -0.1) is 0 Å². The summed E-state index contributed by atoms with van der Waals surface area (Å²) in [5.74, 6) is 0.471. The van der Waals surface area contributed by atoms with Crippen molar-refractivity contribution in [1.29, 1.82) is 0 Å². The first-order chi connectivity index (χ1) is 18.6. The van der Waals surface area contributed by atoms with E-state index < -0.39 is 0 Å². The van der Waals surface area contributed by atoms with E-state index in [2.05, 4.69) is 10.2 Å². The zero-order chi connectivity index (χ0) is 26.7. The average Bonchev–Trinajstić information content (AvgIpc) is 2.98. The molecule has 200 valence electrons. The molecule has 1 aliphatic heterocycles. The van der Waals surface area contributed by atoms with Crippen LogP contribution in [-0.2, 0) is 16.1 Å². The molecule has 1 saturated heterocycles. The molecule has 1 aliphatic rings. The highest BCUT2D eigenvalue weighted by Crippen LogP contribution is 2.27. The van der Waals surface area contributed by atoms with Crippen LogP contribution in [0.15, 0.2) is 72.8 Å². The number of hydrogen-bond acceptors (Lipinski definition) is 7. The number of amides is 2. The fourth-order valence-corrected chi connectivity index (χ4v) is 4.09. The quantitative estimate of drug-likeness (QED) is 0.388. The van der Waals surface area contributed by atoms with Gasteiger partial charge in [-0.1, -0.05) is 30.3 Å². The van der Waals surface area contributed by atoms with Crippen molar-refractivity contribution >= 4 is 17.5 Å². The molecule has 0 radical (unpaired) electrons. The average molecular weight is 520 g/mol. The molecule has 9 nitrogen and oxygen atoms in total. The third-order valence-corrected chi connectivity index (χ3v) is 6.18. The first kappa shape index (κ1) is 27.1. The standard InChI is InChI=1S/C29H33N3O6/c1-35-26-12-11-23(20-27(26)36-2)28(33)30-21-22-7-6-8-24(19-22)29(34)32(25-9-4-3-5-10-25)38-18-15-31-13-16-37-17-14-31/h3-12,19-20H,13-18,21H2,1-2H3,(H,30,33). The van der Waals surface area contributed by atoms with Crippen molar-refractivity contribution in [2.45, 2.75) is 6.54 Å². The molecule has 1 heterocycles. The molecule has 38 heavy (non-hydrogen) atoms. The number of para-hydroxylation sites is 1. The number of nitrogens with zero attached hydrogens (tertiary/aromatic N) is 2. The minimum atomic E-state index is -0.286. The Morgan fingerprint density at radius 1 is 0.895 bits per heavy atom. The summed E-state index contributed by atoms with van der Waals surface area (Å²) >= 11 is 0. The SMILES string of the molecule is COc1ccc(C(=O)NCc2cccc(C(=O)N(OCCN3CCOCC3)c3ccccc3)c2)cc1OC. The fourth-order valence-electron chi connectivity index (χ4n) is 4.09. The highest BCUT2D eigenvalue weighted by molar-refractivity contribution is 6.04. The molecule has 0 bridgehead atoms. The topological polar surface area (TPSA) is 89.6 Å². The second-order valence-corrected chi connectivity index (χ2v) is 8.68. The Hall–Kier alpha value is -3.92. The van der Waals surface area contributed by atoms with Gasteiger partial charge in [0.1, 0.15) is 0 Å². The molecule has 0 unspecified atom stereocenters. The van der Waals surface area contributed by atoms with Crippen molar-refractivity contribution in [3.05, 3.63) is 89.5 Å². The Morgan fingerprint density at radius 2 is 1.66 bits per heavy atom. The van der Waals surface area contributed by atoms with E-state index in [0.29, 0.717) is 54.7 Å². The van der Waals surface area contributed by atoms with E-state index >= 15 is 0 Å². The molecule has 3 aromatic rings. The summed E-state index contributed by atoms with van der Waals surface area (Å²) < 4.78 is 15.9. The number of benzene rings is 3. The van der Waals surface area contributed by atoms with Gasteiger partial charge in [0.05, 0.1) is 39.7 Å². The van der Waals surface area contributed by atoms with Gasteiger partial charge >= 0.3 is 0 Å². The van der Waals surface area contributed by atoms with Crippen LogP contribution >= 0.6 is 0 Å². The van der Waals surface area contributed by atoms with Crippen LogP contribution in [0.2, 0.25) is 0 Å². The van der Waals surface area contributed by atoms with Crippen LogP contribution in [0.1, 0.15) is 26.3 Å². The molecule has 0 atom stereocenters. The first-order valence-corrected chi connectivity index (χ1v) is 12.5. The summed E-state index contributed by atoms with van der Waals surface area (Å²) in [6, 6.07) is 21.4. The Labute approximate surface area is 222 Å². The number of hydrogen-bond donors (Lipinski definition) is 1. The molecule has 0 spiro atoms. The molecular formula is C29H33N3O6. The Balaban J connectivity index is 1.42. The van der Waals surface area contributed by atoms with E-state index in [9.17, 15) is 9.59 Å². The predicted molar refractivity (Wildman–Crippen MR) is 144 cm³/mol. The molecular weight excluding hydrogens is 486 g/mol. The van der Waals surface area contributed by atoms with Crippen molar-refractivity contribution in [3.8, 4) is 11.5 Å². The van der Waals surface area contributed by atoms with E-state index in [-0.39, 0.29) is 18.4 Å². The zero-order valence-corrected chi connectivity index (χ0v) is 21.7. The summed E-state index contributed by atoms with van der Waals surface area (Å²) in [6.45, 7) is 4.41. The summed E-state index contributed by atoms with van der Waals surface area (Å²) in [7, 11) is 3.06. The third kappa shape index (κ3) is 7.10. The number of carbonyl (C=O) groups excluding carboxylic acids is 2. The summed E-state index contributed by atoms with van der Waals surface area (Å²) in [6.07, 6.45) is 0. The maximum Gasteiger partial charge on any atom is 0.282 e. The lowest BCUT2D eigenvalue weighted by Gasteiger charge is -2.28. The highest BCUT2D eigenvalue weighted by Gasteiger charge is 2.20. The number of hydroxylamine groups is 1. The van der Waals surface area contributed by atoms with Crippen LogP contribution in [-0.4, -0.2) is 70.4 Å². The van der Waals surface area contributed by atoms with Crippen molar-refractivity contribution in [2.75, 3.05) is 58.7 Å². The molecule has 9 heteroatoms. The first-order valence-electron chi connectivity index (χ1n) is 12.5. The maximum absolute atomic E-state index is 13.5. The summed E-state index contributed by atoms with van der Waals surface area (Å²) in [5.41, 5.74) is 2.33. The highest BCUT2D eigenvalue weighted by atomic mass is 16.7. The molecule has 0 saturated carbocycles. The second kappa shape index (κ2) is 13.6. The molecule has 1 N–H and O–H groups in total. The fraction of sp³-hybridized carbons (Fsp3) is 0.310. The summed E-state index contributed by atoms with van der Waals surface area (Å²) in [5, 5.41) is 4.23. The van der Waals surface area contributed by atoms with E-state index in [0.717, 1.165) is 18.7 Å². The second-order valence-electron chi connectivity index (χ2n) is 8.68. The van der Waals surface area contributed by atoms with Crippen LogP contribution in [0.5, 0.6) is 11.5 Å². The van der Waals surface area contributed by atoms with E-state index in [1.165, 1.54) is 12.2 Å². The number of morpholine rings is 1. The van der Waals surface area contributed by atoms with Crippen LogP contribution in [0.25, 0.3) is 0 Å². The lowest BCUT2D eigenvalue weighted by atomic mass is 10.1. The van der Waals surface area contributed by atoms with Crippen molar-refractivity contribution in [3.63, 3.8) is 0 Å². The zero-order valence-electron chi connectivity index (χ0n) is 21.7. The van der Waals surface area contributed by atoms with Gasteiger partial charge in [0.2, 0.25) is 0 Å². The van der Waals surface area contributed by atoms with Crippen molar-refractivity contribution < 1.29 is 28.6 Å². The predicted octanol–water partition coefficient (Wildman–Crippen LogP) is 3.54. The van der Waals surface area contributed by atoms with E-state index in [1.54, 1.807) is 43.5 Å². The van der Waals surface area contributed by atoms with Crippen molar-refractivity contribution in [1.82, 2.24) is 10.2 Å². The van der Waals surface area contributed by atoms with Gasteiger partial charge < -0.3 is 19.5 Å². The Kier molecular flexibility index (Phi) is 9.69. The van der Waals surface area contributed by atoms with E-state index in [4.69, 9.17) is 19.0 Å². The van der Waals surface area contributed by atoms with Gasteiger partial charge in [-0.3, -0.25) is 19.3 Å². The van der Waals surface area contributed by atoms with Gasteiger partial charge in [-0.05, 0) is 48.0 Å². The summed E-state index contributed by atoms with van der Waals surface area (Å²) in [4.78, 5) is 34.5. The lowest BCUT2D eigenvalue weighted by Crippen LogP contribution is -2.40.